The topological polar surface area (TPSA) is 96.7 Å². The number of benzene rings is 1. The molecule has 0 unspecified atom stereocenters. The zero-order valence-corrected chi connectivity index (χ0v) is 22.4. The number of carbonyl (C=O) groups excluding carboxylic acids is 1. The summed E-state index contributed by atoms with van der Waals surface area (Å²) in [6.07, 6.45) is 2.09. The van der Waals surface area contributed by atoms with Crippen molar-refractivity contribution in [2.45, 2.75) is 74.0 Å². The first-order valence-electron chi connectivity index (χ1n) is 12.4. The number of aryl methyl sites for hydroxylation is 4. The highest BCUT2D eigenvalue weighted by Crippen LogP contribution is 2.32. The summed E-state index contributed by atoms with van der Waals surface area (Å²) in [6.45, 7) is 16.3. The molecule has 8 heteroatoms. The molecule has 0 aliphatic carbocycles. The van der Waals surface area contributed by atoms with E-state index in [1.807, 2.05) is 50.6 Å². The van der Waals surface area contributed by atoms with Gasteiger partial charge in [-0.05, 0) is 84.7 Å². The van der Waals surface area contributed by atoms with E-state index in [0.29, 0.717) is 11.1 Å². The van der Waals surface area contributed by atoms with Gasteiger partial charge in [-0.1, -0.05) is 0 Å². The van der Waals surface area contributed by atoms with E-state index in [9.17, 15) is 9.59 Å². The number of rotatable bonds is 7. The van der Waals surface area contributed by atoms with E-state index >= 15 is 0 Å². The molecule has 8 nitrogen and oxygen atoms in total. The first kappa shape index (κ1) is 25.3. The van der Waals surface area contributed by atoms with Gasteiger partial charge in [0.05, 0.1) is 16.8 Å². The maximum absolute atomic E-state index is 13.6. The minimum Gasteiger partial charge on any atom is -0.348 e. The molecule has 1 aromatic carbocycles. The van der Waals surface area contributed by atoms with Gasteiger partial charge in [0.25, 0.3) is 11.5 Å². The van der Waals surface area contributed by atoms with Gasteiger partial charge in [0.1, 0.15) is 5.82 Å². The number of hydrogen-bond donors (Lipinski definition) is 3. The van der Waals surface area contributed by atoms with Crippen LogP contribution in [0.2, 0.25) is 0 Å². The van der Waals surface area contributed by atoms with Gasteiger partial charge in [-0.2, -0.15) is 5.10 Å². The van der Waals surface area contributed by atoms with Gasteiger partial charge in [0, 0.05) is 53.2 Å². The monoisotopic (exact) mass is 488 g/mol. The third-order valence-corrected chi connectivity index (χ3v) is 6.46. The van der Waals surface area contributed by atoms with Gasteiger partial charge in [-0.3, -0.25) is 9.59 Å². The molecule has 1 amide bonds. The molecule has 3 heterocycles. The predicted octanol–water partition coefficient (Wildman–Crippen LogP) is 5.60. The molecule has 0 saturated heterocycles. The first-order chi connectivity index (χ1) is 17.0. The third kappa shape index (κ3) is 4.80. The van der Waals surface area contributed by atoms with E-state index in [2.05, 4.69) is 65.2 Å². The van der Waals surface area contributed by atoms with Crippen LogP contribution in [0.1, 0.15) is 78.2 Å². The maximum atomic E-state index is 13.6. The lowest BCUT2D eigenvalue weighted by Gasteiger charge is -2.16. The standard InChI is InChI=1S/C28H36N6O2/c1-15(2)33-14-18(6)26-22(27(35)29-13-23-17(5)9-19(7)30-28(23)36)11-21(12-24(26)33)31-25-10-20(8)32-34(25)16(3)4/h9-12,14-16,31H,13H2,1-8H3,(H,29,35)(H,30,36). The van der Waals surface area contributed by atoms with Gasteiger partial charge in [0.2, 0.25) is 0 Å². The average Bonchev–Trinajstić information content (AvgIpc) is 3.32. The maximum Gasteiger partial charge on any atom is 0.253 e. The van der Waals surface area contributed by atoms with Crippen molar-refractivity contribution in [2.24, 2.45) is 0 Å². The molecular formula is C28H36N6O2. The van der Waals surface area contributed by atoms with Crippen molar-refractivity contribution < 1.29 is 4.79 Å². The van der Waals surface area contributed by atoms with E-state index in [1.165, 1.54) is 0 Å². The zero-order chi connectivity index (χ0) is 26.3. The van der Waals surface area contributed by atoms with Gasteiger partial charge in [-0.15, -0.1) is 0 Å². The lowest BCUT2D eigenvalue weighted by molar-refractivity contribution is 0.0952. The predicted molar refractivity (Wildman–Crippen MR) is 145 cm³/mol. The summed E-state index contributed by atoms with van der Waals surface area (Å²) in [5.74, 6) is 0.649. The second kappa shape index (κ2) is 9.68. The minimum absolute atomic E-state index is 0.155. The summed E-state index contributed by atoms with van der Waals surface area (Å²) < 4.78 is 4.13. The van der Waals surface area contributed by atoms with Crippen molar-refractivity contribution in [2.75, 3.05) is 5.32 Å². The number of hydrogen-bond acceptors (Lipinski definition) is 4. The molecule has 0 radical (unpaired) electrons. The van der Waals surface area contributed by atoms with Crippen molar-refractivity contribution in [1.29, 1.82) is 0 Å². The Morgan fingerprint density at radius 2 is 1.72 bits per heavy atom. The number of pyridine rings is 1. The van der Waals surface area contributed by atoms with E-state index in [4.69, 9.17) is 0 Å². The van der Waals surface area contributed by atoms with Crippen molar-refractivity contribution in [1.82, 2.24) is 24.6 Å². The largest absolute Gasteiger partial charge is 0.348 e. The smallest absolute Gasteiger partial charge is 0.253 e. The van der Waals surface area contributed by atoms with Crippen molar-refractivity contribution in [3.8, 4) is 0 Å². The van der Waals surface area contributed by atoms with E-state index in [-0.39, 0.29) is 30.1 Å². The Bertz CT molecular complexity index is 1500. The highest BCUT2D eigenvalue weighted by molar-refractivity contribution is 6.09. The molecule has 0 bridgehead atoms. The summed E-state index contributed by atoms with van der Waals surface area (Å²) in [7, 11) is 0. The van der Waals surface area contributed by atoms with Crippen LogP contribution in [0.25, 0.3) is 10.9 Å². The minimum atomic E-state index is -0.221. The molecule has 36 heavy (non-hydrogen) atoms. The summed E-state index contributed by atoms with van der Waals surface area (Å²) in [6, 6.07) is 8.30. The number of anilines is 2. The molecule has 0 fully saturated rings. The number of nitrogens with zero attached hydrogens (tertiary/aromatic N) is 3. The van der Waals surface area contributed by atoms with E-state index in [0.717, 1.165) is 44.9 Å². The van der Waals surface area contributed by atoms with Crippen LogP contribution in [0.4, 0.5) is 11.5 Å². The lowest BCUT2D eigenvalue weighted by atomic mass is 10.0. The summed E-state index contributed by atoms with van der Waals surface area (Å²) in [4.78, 5) is 28.9. The first-order valence-corrected chi connectivity index (χ1v) is 12.4. The van der Waals surface area contributed by atoms with Crippen LogP contribution in [-0.2, 0) is 6.54 Å². The van der Waals surface area contributed by atoms with Gasteiger partial charge < -0.3 is 20.2 Å². The van der Waals surface area contributed by atoms with Crippen LogP contribution in [0.5, 0.6) is 0 Å². The molecule has 0 aliphatic rings. The second-order valence-corrected chi connectivity index (χ2v) is 10.2. The second-order valence-electron chi connectivity index (χ2n) is 10.2. The van der Waals surface area contributed by atoms with Crippen LogP contribution >= 0.6 is 0 Å². The van der Waals surface area contributed by atoms with Gasteiger partial charge in [-0.25, -0.2) is 4.68 Å². The van der Waals surface area contributed by atoms with Crippen molar-refractivity contribution in [3.05, 3.63) is 74.5 Å². The number of aromatic amines is 1. The van der Waals surface area contributed by atoms with Gasteiger partial charge in [0.15, 0.2) is 0 Å². The molecule has 4 rings (SSSR count). The van der Waals surface area contributed by atoms with E-state index < -0.39 is 0 Å². The Morgan fingerprint density at radius 3 is 2.36 bits per heavy atom. The Hall–Kier alpha value is -3.81. The van der Waals surface area contributed by atoms with Crippen molar-refractivity contribution in [3.63, 3.8) is 0 Å². The van der Waals surface area contributed by atoms with Crippen LogP contribution in [0.3, 0.4) is 0 Å². The van der Waals surface area contributed by atoms with E-state index in [1.54, 1.807) is 0 Å². The molecule has 0 aliphatic heterocycles. The molecule has 0 saturated carbocycles. The number of H-pyrrole nitrogens is 1. The zero-order valence-electron chi connectivity index (χ0n) is 22.4. The number of aromatic nitrogens is 4. The molecular weight excluding hydrogens is 452 g/mol. The summed E-state index contributed by atoms with van der Waals surface area (Å²) in [5, 5.41) is 12.0. The Kier molecular flexibility index (Phi) is 6.80. The molecule has 190 valence electrons. The summed E-state index contributed by atoms with van der Waals surface area (Å²) in [5.41, 5.74) is 6.35. The molecule has 3 N–H and O–H groups in total. The lowest BCUT2D eigenvalue weighted by Crippen LogP contribution is -2.28. The average molecular weight is 489 g/mol. The highest BCUT2D eigenvalue weighted by Gasteiger charge is 2.20. The number of fused-ring (bicyclic) bond motifs is 1. The molecule has 0 atom stereocenters. The van der Waals surface area contributed by atoms with Gasteiger partial charge >= 0.3 is 0 Å². The quantitative estimate of drug-likeness (QED) is 0.316. The highest BCUT2D eigenvalue weighted by atomic mass is 16.1. The van der Waals surface area contributed by atoms with Crippen LogP contribution in [0, 0.1) is 27.7 Å². The SMILES string of the molecule is Cc1cc(Nc2cc(C(=O)NCc3c(C)cc(C)[nH]c3=O)c3c(C)cn(C(C)C)c3c2)n(C(C)C)n1. The van der Waals surface area contributed by atoms with Crippen molar-refractivity contribution >= 4 is 28.3 Å². The fourth-order valence-corrected chi connectivity index (χ4v) is 4.78. The molecule has 4 aromatic rings. The van der Waals surface area contributed by atoms with Crippen LogP contribution in [0.15, 0.2) is 35.3 Å². The Balaban J connectivity index is 1.77. The molecule has 3 aromatic heterocycles. The Labute approximate surface area is 211 Å². The van der Waals surface area contributed by atoms with Crippen LogP contribution < -0.4 is 16.2 Å². The third-order valence-electron chi connectivity index (χ3n) is 6.46. The fourth-order valence-electron chi connectivity index (χ4n) is 4.78. The summed E-state index contributed by atoms with van der Waals surface area (Å²) >= 11 is 0. The Morgan fingerprint density at radius 1 is 1.00 bits per heavy atom. The number of carbonyl (C=O) groups is 1. The molecule has 0 spiro atoms. The number of nitrogens with one attached hydrogen (secondary N) is 3. The normalized spacial score (nSPS) is 11.6. The van der Waals surface area contributed by atoms with Crippen LogP contribution in [-0.4, -0.2) is 25.2 Å². The number of amides is 1. The fraction of sp³-hybridized carbons (Fsp3) is 0.393.